The highest BCUT2D eigenvalue weighted by Gasteiger charge is 2.20. The molecule has 2 aliphatic rings. The molecule has 0 atom stereocenters. The van der Waals surface area contributed by atoms with E-state index in [9.17, 15) is 9.59 Å². The molecule has 2 aliphatic heterocycles. The highest BCUT2D eigenvalue weighted by Crippen LogP contribution is 2.35. The van der Waals surface area contributed by atoms with Gasteiger partial charge in [-0.15, -0.1) is 0 Å². The molecule has 5 rings (SSSR count). The first kappa shape index (κ1) is 20.7. The Morgan fingerprint density at radius 3 is 2.33 bits per heavy atom. The maximum absolute atomic E-state index is 12.8. The minimum absolute atomic E-state index is 0.182. The molecule has 1 aromatic heterocycles. The number of rotatable bonds is 6. The zero-order valence-electron chi connectivity index (χ0n) is 18.1. The highest BCUT2D eigenvalue weighted by molar-refractivity contribution is 6.00. The van der Waals surface area contributed by atoms with Crippen LogP contribution in [0.25, 0.3) is 11.8 Å². The zero-order chi connectivity index (χ0) is 22.9. The van der Waals surface area contributed by atoms with Crippen LogP contribution >= 0.6 is 0 Å². The topological polar surface area (TPSA) is 85.2 Å². The van der Waals surface area contributed by atoms with Gasteiger partial charge in [-0.3, -0.25) is 4.79 Å². The van der Waals surface area contributed by atoms with Crippen molar-refractivity contribution < 1.29 is 33.3 Å². The molecule has 0 radical (unpaired) electrons. The van der Waals surface area contributed by atoms with Crippen LogP contribution in [0.1, 0.15) is 27.3 Å². The third-order valence-electron chi connectivity index (χ3n) is 5.50. The SMILES string of the molecule is Cc1cc(C(=O)COC(=O)/C=C/c2ccc3c(c2)OCO3)c(C)n1-c1ccc2c(c1)OCO2. The molecule has 8 nitrogen and oxygen atoms in total. The van der Waals surface area contributed by atoms with Gasteiger partial charge in [-0.05, 0) is 55.8 Å². The molecule has 0 N–H and O–H groups in total. The molecule has 0 amide bonds. The van der Waals surface area contributed by atoms with Crippen molar-refractivity contribution in [2.45, 2.75) is 13.8 Å². The van der Waals surface area contributed by atoms with Crippen LogP contribution in [0.4, 0.5) is 0 Å². The lowest BCUT2D eigenvalue weighted by atomic mass is 10.1. The van der Waals surface area contributed by atoms with Gasteiger partial charge in [-0.25, -0.2) is 4.79 Å². The Morgan fingerprint density at radius 1 is 0.909 bits per heavy atom. The van der Waals surface area contributed by atoms with Crippen molar-refractivity contribution in [1.29, 1.82) is 0 Å². The smallest absolute Gasteiger partial charge is 0.331 e. The summed E-state index contributed by atoms with van der Waals surface area (Å²) in [5.74, 6) is 1.76. The van der Waals surface area contributed by atoms with Gasteiger partial charge >= 0.3 is 5.97 Å². The Balaban J connectivity index is 1.25. The minimum atomic E-state index is -0.606. The van der Waals surface area contributed by atoms with Crippen LogP contribution in [-0.2, 0) is 9.53 Å². The van der Waals surface area contributed by atoms with E-state index in [4.69, 9.17) is 23.7 Å². The van der Waals surface area contributed by atoms with E-state index in [-0.39, 0.29) is 26.0 Å². The summed E-state index contributed by atoms with van der Waals surface area (Å²) < 4.78 is 28.5. The molecular formula is C25H21NO7. The molecule has 168 valence electrons. The number of hydrogen-bond donors (Lipinski definition) is 0. The molecule has 8 heteroatoms. The summed E-state index contributed by atoms with van der Waals surface area (Å²) in [6, 6.07) is 12.7. The molecule has 0 unspecified atom stereocenters. The Bertz CT molecular complexity index is 1290. The number of aromatic nitrogens is 1. The maximum Gasteiger partial charge on any atom is 0.331 e. The molecule has 3 heterocycles. The molecule has 0 aliphatic carbocycles. The number of carbonyl (C=O) groups is 2. The molecule has 0 spiro atoms. The second kappa shape index (κ2) is 8.38. The van der Waals surface area contributed by atoms with Gasteiger partial charge in [0.2, 0.25) is 19.4 Å². The number of nitrogens with zero attached hydrogens (tertiary/aromatic N) is 1. The van der Waals surface area contributed by atoms with Gasteiger partial charge in [0.05, 0.1) is 0 Å². The lowest BCUT2D eigenvalue weighted by Crippen LogP contribution is -2.13. The molecule has 0 saturated carbocycles. The number of aryl methyl sites for hydroxylation is 1. The number of hydrogen-bond acceptors (Lipinski definition) is 7. The van der Waals surface area contributed by atoms with E-state index in [0.717, 1.165) is 22.6 Å². The number of ketones is 1. The summed E-state index contributed by atoms with van der Waals surface area (Å²) in [7, 11) is 0. The van der Waals surface area contributed by atoms with Crippen LogP contribution in [0.3, 0.4) is 0 Å². The lowest BCUT2D eigenvalue weighted by molar-refractivity contribution is -0.136. The normalized spacial score (nSPS) is 13.5. The fourth-order valence-electron chi connectivity index (χ4n) is 3.91. The number of esters is 1. The van der Waals surface area contributed by atoms with E-state index in [1.807, 2.05) is 36.6 Å². The van der Waals surface area contributed by atoms with Gasteiger partial charge in [0.15, 0.2) is 29.6 Å². The second-order valence-corrected chi connectivity index (χ2v) is 7.63. The van der Waals surface area contributed by atoms with Crippen LogP contribution in [0, 0.1) is 13.8 Å². The third kappa shape index (κ3) is 4.03. The predicted molar refractivity (Wildman–Crippen MR) is 118 cm³/mol. The summed E-state index contributed by atoms with van der Waals surface area (Å²) in [4.78, 5) is 24.9. The average molecular weight is 447 g/mol. The summed E-state index contributed by atoms with van der Waals surface area (Å²) in [6.45, 7) is 3.79. The minimum Gasteiger partial charge on any atom is -0.454 e. The third-order valence-corrected chi connectivity index (χ3v) is 5.50. The monoisotopic (exact) mass is 447 g/mol. The van der Waals surface area contributed by atoms with Crippen molar-refractivity contribution in [3.63, 3.8) is 0 Å². The number of ether oxygens (including phenoxy) is 5. The average Bonchev–Trinajstić information content (AvgIpc) is 3.53. The van der Waals surface area contributed by atoms with Gasteiger partial charge in [0, 0.05) is 34.8 Å². The lowest BCUT2D eigenvalue weighted by Gasteiger charge is -2.10. The molecule has 2 aromatic carbocycles. The number of Topliss-reactive ketones (excluding diaryl/α,β-unsaturated/α-hetero) is 1. The quantitative estimate of drug-likeness (QED) is 0.321. The van der Waals surface area contributed by atoms with Crippen molar-refractivity contribution in [3.05, 3.63) is 71.1 Å². The Hall–Kier alpha value is -4.20. The van der Waals surface area contributed by atoms with E-state index < -0.39 is 5.97 Å². The van der Waals surface area contributed by atoms with Gasteiger partial charge in [-0.2, -0.15) is 0 Å². The van der Waals surface area contributed by atoms with E-state index in [1.165, 1.54) is 6.08 Å². The number of carbonyl (C=O) groups excluding carboxylic acids is 2. The van der Waals surface area contributed by atoms with Crippen LogP contribution in [-0.4, -0.2) is 36.5 Å². The largest absolute Gasteiger partial charge is 0.454 e. The first-order valence-electron chi connectivity index (χ1n) is 10.4. The summed E-state index contributed by atoms with van der Waals surface area (Å²) >= 11 is 0. The van der Waals surface area contributed by atoms with Crippen LogP contribution < -0.4 is 18.9 Å². The van der Waals surface area contributed by atoms with E-state index >= 15 is 0 Å². The van der Waals surface area contributed by atoms with Gasteiger partial charge in [-0.1, -0.05) is 6.07 Å². The van der Waals surface area contributed by atoms with E-state index in [1.54, 1.807) is 30.3 Å². The Morgan fingerprint density at radius 2 is 1.58 bits per heavy atom. The fourth-order valence-corrected chi connectivity index (χ4v) is 3.91. The van der Waals surface area contributed by atoms with Crippen molar-refractivity contribution in [3.8, 4) is 28.7 Å². The molecule has 0 fully saturated rings. The van der Waals surface area contributed by atoms with Crippen molar-refractivity contribution >= 4 is 17.8 Å². The summed E-state index contributed by atoms with van der Waals surface area (Å²) in [6.07, 6.45) is 2.88. The van der Waals surface area contributed by atoms with Crippen molar-refractivity contribution in [2.24, 2.45) is 0 Å². The standard InChI is InChI=1S/C25H21NO7/c1-15-9-19(16(2)26(15)18-5-7-22-24(11-18)33-14-31-22)20(27)12-29-25(28)8-4-17-3-6-21-23(10-17)32-13-30-21/h3-11H,12-14H2,1-2H3/b8-4+. The number of fused-ring (bicyclic) bond motifs is 2. The maximum atomic E-state index is 12.8. The van der Waals surface area contributed by atoms with E-state index in [0.29, 0.717) is 28.6 Å². The van der Waals surface area contributed by atoms with Gasteiger partial charge in [0.1, 0.15) is 0 Å². The first-order valence-corrected chi connectivity index (χ1v) is 10.4. The Labute approximate surface area is 189 Å². The fraction of sp³-hybridized carbons (Fsp3) is 0.200. The van der Waals surface area contributed by atoms with Crippen molar-refractivity contribution in [1.82, 2.24) is 4.57 Å². The first-order chi connectivity index (χ1) is 16.0. The highest BCUT2D eigenvalue weighted by atomic mass is 16.7. The summed E-state index contributed by atoms with van der Waals surface area (Å²) in [5, 5.41) is 0. The molecule has 3 aromatic rings. The van der Waals surface area contributed by atoms with Crippen LogP contribution in [0.2, 0.25) is 0 Å². The molecule has 0 bridgehead atoms. The van der Waals surface area contributed by atoms with Gasteiger partial charge in [0.25, 0.3) is 0 Å². The molecular weight excluding hydrogens is 426 g/mol. The number of benzene rings is 2. The molecule has 0 saturated heterocycles. The summed E-state index contributed by atoms with van der Waals surface area (Å²) in [5.41, 5.74) is 3.75. The molecule has 33 heavy (non-hydrogen) atoms. The van der Waals surface area contributed by atoms with Crippen LogP contribution in [0.5, 0.6) is 23.0 Å². The second-order valence-electron chi connectivity index (χ2n) is 7.63. The zero-order valence-corrected chi connectivity index (χ0v) is 18.1. The Kier molecular flexibility index (Phi) is 5.26. The van der Waals surface area contributed by atoms with Crippen LogP contribution in [0.15, 0.2) is 48.5 Å². The predicted octanol–water partition coefficient (Wildman–Crippen LogP) is 3.99. The van der Waals surface area contributed by atoms with Gasteiger partial charge < -0.3 is 28.3 Å². The van der Waals surface area contributed by atoms with Crippen molar-refractivity contribution in [2.75, 3.05) is 20.2 Å². The van der Waals surface area contributed by atoms with E-state index in [2.05, 4.69) is 0 Å².